The predicted molar refractivity (Wildman–Crippen MR) is 75.6 cm³/mol. The maximum Gasteiger partial charge on any atom is 1.00 e. The second-order valence-electron chi connectivity index (χ2n) is 4.41. The molecule has 0 aromatic heterocycles. The molecule has 2 aromatic carbocycles. The van der Waals surface area contributed by atoms with Gasteiger partial charge in [-0.15, -0.1) is 12.1 Å². The molecular formula is C15H13BF3KO. The van der Waals surface area contributed by atoms with Gasteiger partial charge in [0.15, 0.2) is 0 Å². The number of rotatable bonds is 5. The molecule has 1 nitrogen and oxygen atoms in total. The van der Waals surface area contributed by atoms with E-state index in [4.69, 9.17) is 4.74 Å². The van der Waals surface area contributed by atoms with Crippen molar-refractivity contribution in [2.75, 3.05) is 6.61 Å². The first-order valence-corrected chi connectivity index (χ1v) is 6.13. The van der Waals surface area contributed by atoms with Crippen molar-refractivity contribution in [3.63, 3.8) is 0 Å². The first kappa shape index (κ1) is 18.5. The summed E-state index contributed by atoms with van der Waals surface area (Å²) in [5.41, 5.74) is 1.19. The summed E-state index contributed by atoms with van der Waals surface area (Å²) in [5, 5.41) is 0. The van der Waals surface area contributed by atoms with Crippen LogP contribution in [-0.4, -0.2) is 13.6 Å². The van der Waals surface area contributed by atoms with Crippen LogP contribution in [0.15, 0.2) is 66.6 Å². The zero-order chi connectivity index (χ0) is 14.6. The standard InChI is InChI=1S/C15H13BF3O.K/c1-12(16(17,18)19)11-20-15-9-7-14(8-10-15)13-5-3-2-4-6-13;/h2-10H,1,11H2;/q-1;+1. The molecular weight excluding hydrogens is 303 g/mol. The Morgan fingerprint density at radius 3 is 1.95 bits per heavy atom. The largest absolute Gasteiger partial charge is 1.00 e. The molecule has 0 radical (unpaired) electrons. The molecule has 0 heterocycles. The summed E-state index contributed by atoms with van der Waals surface area (Å²) in [6, 6.07) is 16.6. The summed E-state index contributed by atoms with van der Waals surface area (Å²) in [6.45, 7) is -2.59. The molecule has 0 saturated heterocycles. The molecule has 0 saturated carbocycles. The van der Waals surface area contributed by atoms with Crippen molar-refractivity contribution in [1.29, 1.82) is 0 Å². The van der Waals surface area contributed by atoms with Gasteiger partial charge in [0.1, 0.15) is 5.75 Å². The smallest absolute Gasteiger partial charge is 0.492 e. The summed E-state index contributed by atoms with van der Waals surface area (Å²) in [6.07, 6.45) is 0. The van der Waals surface area contributed by atoms with Crippen molar-refractivity contribution in [2.24, 2.45) is 0 Å². The van der Waals surface area contributed by atoms with Crippen molar-refractivity contribution in [3.8, 4) is 16.9 Å². The van der Waals surface area contributed by atoms with Crippen molar-refractivity contribution >= 4 is 6.98 Å². The molecule has 6 heteroatoms. The molecule has 104 valence electrons. The summed E-state index contributed by atoms with van der Waals surface area (Å²) >= 11 is 0. The van der Waals surface area contributed by atoms with Crippen LogP contribution in [0.3, 0.4) is 0 Å². The Hall–Kier alpha value is -0.529. The average molecular weight is 316 g/mol. The second kappa shape index (κ2) is 8.20. The van der Waals surface area contributed by atoms with Gasteiger partial charge in [-0.3, -0.25) is 0 Å². The Morgan fingerprint density at radius 1 is 0.905 bits per heavy atom. The molecule has 0 amide bonds. The van der Waals surface area contributed by atoms with E-state index in [9.17, 15) is 12.9 Å². The minimum Gasteiger partial charge on any atom is -0.492 e. The Kier molecular flexibility index (Phi) is 7.23. The van der Waals surface area contributed by atoms with E-state index in [1.807, 2.05) is 42.5 Å². The number of halogens is 3. The Bertz CT molecular complexity index is 582. The molecule has 0 aliphatic rings. The number of hydrogen-bond donors (Lipinski definition) is 0. The van der Waals surface area contributed by atoms with Crippen LogP contribution in [0.25, 0.3) is 11.1 Å². The topological polar surface area (TPSA) is 9.23 Å². The van der Waals surface area contributed by atoms with Crippen LogP contribution in [-0.2, 0) is 0 Å². The molecule has 0 aliphatic carbocycles. The van der Waals surface area contributed by atoms with Crippen molar-refractivity contribution < 1.29 is 69.1 Å². The van der Waals surface area contributed by atoms with E-state index in [0.717, 1.165) is 11.1 Å². The number of benzene rings is 2. The maximum atomic E-state index is 12.3. The number of ether oxygens (including phenoxy) is 1. The van der Waals surface area contributed by atoms with Gasteiger partial charge in [-0.25, -0.2) is 0 Å². The molecule has 0 unspecified atom stereocenters. The third-order valence-corrected chi connectivity index (χ3v) is 2.85. The van der Waals surface area contributed by atoms with E-state index in [-0.39, 0.29) is 51.4 Å². The fourth-order valence-electron chi connectivity index (χ4n) is 1.64. The quantitative estimate of drug-likeness (QED) is 0.763. The van der Waals surface area contributed by atoms with E-state index in [0.29, 0.717) is 5.75 Å². The predicted octanol–water partition coefficient (Wildman–Crippen LogP) is 1.68. The number of hydrogen-bond acceptors (Lipinski definition) is 1. The van der Waals surface area contributed by atoms with Crippen LogP contribution in [0, 0.1) is 0 Å². The molecule has 2 aromatic rings. The van der Waals surface area contributed by atoms with Gasteiger partial charge >= 0.3 is 58.4 Å². The summed E-state index contributed by atoms with van der Waals surface area (Å²) in [4.78, 5) is 0. The Morgan fingerprint density at radius 2 is 1.43 bits per heavy atom. The molecule has 21 heavy (non-hydrogen) atoms. The van der Waals surface area contributed by atoms with Crippen molar-refractivity contribution in [3.05, 3.63) is 66.6 Å². The minimum atomic E-state index is -5.04. The molecule has 2 rings (SSSR count). The molecule has 0 aliphatic heterocycles. The van der Waals surface area contributed by atoms with Gasteiger partial charge < -0.3 is 17.7 Å². The third kappa shape index (κ3) is 5.64. The van der Waals surface area contributed by atoms with E-state index < -0.39 is 19.1 Å². The van der Waals surface area contributed by atoms with E-state index >= 15 is 0 Å². The van der Waals surface area contributed by atoms with Gasteiger partial charge in [0.25, 0.3) is 0 Å². The molecule has 0 spiro atoms. The molecule has 0 atom stereocenters. The first-order valence-electron chi connectivity index (χ1n) is 6.13. The van der Waals surface area contributed by atoms with Gasteiger partial charge in [0, 0.05) is 0 Å². The first-order chi connectivity index (χ1) is 9.47. The monoisotopic (exact) mass is 316 g/mol. The maximum absolute atomic E-state index is 12.3. The van der Waals surface area contributed by atoms with Crippen LogP contribution in [0.1, 0.15) is 0 Å². The molecule has 0 fully saturated rings. The third-order valence-electron chi connectivity index (χ3n) is 2.85. The average Bonchev–Trinajstić information content (AvgIpc) is 2.45. The van der Waals surface area contributed by atoms with Crippen molar-refractivity contribution in [2.45, 2.75) is 0 Å². The van der Waals surface area contributed by atoms with E-state index in [1.54, 1.807) is 12.1 Å². The normalized spacial score (nSPS) is 10.6. The fraction of sp³-hybridized carbons (Fsp3) is 0.0667. The van der Waals surface area contributed by atoms with Crippen LogP contribution < -0.4 is 56.1 Å². The second-order valence-corrected chi connectivity index (χ2v) is 4.41. The van der Waals surface area contributed by atoms with E-state index in [1.165, 1.54) is 0 Å². The van der Waals surface area contributed by atoms with Crippen LogP contribution in [0.5, 0.6) is 5.75 Å². The van der Waals surface area contributed by atoms with Gasteiger partial charge in [-0.1, -0.05) is 42.5 Å². The minimum absolute atomic E-state index is 0. The summed E-state index contributed by atoms with van der Waals surface area (Å²) in [5.74, 6) is 0.394. The SMILES string of the molecule is C=C(COc1ccc(-c2ccccc2)cc1)[B-](F)(F)F.[K+]. The fourth-order valence-corrected chi connectivity index (χ4v) is 1.64. The Labute approximate surface area is 164 Å². The zero-order valence-corrected chi connectivity index (χ0v) is 14.9. The van der Waals surface area contributed by atoms with Gasteiger partial charge in [0.2, 0.25) is 0 Å². The Balaban J connectivity index is 0.00000220. The van der Waals surface area contributed by atoms with Crippen LogP contribution in [0.2, 0.25) is 0 Å². The molecule has 0 N–H and O–H groups in total. The van der Waals surface area contributed by atoms with Crippen LogP contribution >= 0.6 is 0 Å². The summed E-state index contributed by atoms with van der Waals surface area (Å²) in [7, 11) is 0. The van der Waals surface area contributed by atoms with Crippen molar-refractivity contribution in [1.82, 2.24) is 0 Å². The molecule has 0 bridgehead atoms. The van der Waals surface area contributed by atoms with E-state index in [2.05, 4.69) is 6.58 Å². The zero-order valence-electron chi connectivity index (χ0n) is 11.7. The van der Waals surface area contributed by atoms with Crippen LogP contribution in [0.4, 0.5) is 12.9 Å². The van der Waals surface area contributed by atoms with Gasteiger partial charge in [-0.05, 0) is 23.3 Å². The summed E-state index contributed by atoms with van der Waals surface area (Å²) < 4.78 is 42.0. The van der Waals surface area contributed by atoms with Gasteiger partial charge in [0.05, 0.1) is 6.61 Å². The van der Waals surface area contributed by atoms with Gasteiger partial charge in [-0.2, -0.15) is 0 Å².